The standard InChI is InChI=1S/C11H2F22O3S/c12-1(3(15,16)17)2(13,14)4(18,19)5(20,21)6(22,23)7(24,25)8(26,27)9(28,29)10(30,31)11(32,33)37(34,35)36/h1H,(H,34,35,36)/p-1. The molecule has 0 rings (SSSR count). The maximum absolute atomic E-state index is 13.4. The molecular formula is C11HF22O3S-. The minimum absolute atomic E-state index is 6.71. The van der Waals surface area contributed by atoms with Gasteiger partial charge in [0.2, 0.25) is 0 Å². The quantitative estimate of drug-likeness (QED) is 0.216. The van der Waals surface area contributed by atoms with Crippen molar-refractivity contribution < 1.29 is 110 Å². The molecule has 26 heteroatoms. The second-order valence-corrected chi connectivity index (χ2v) is 7.94. The van der Waals surface area contributed by atoms with Crippen molar-refractivity contribution in [1.29, 1.82) is 0 Å². The zero-order chi connectivity index (χ0) is 31.1. The van der Waals surface area contributed by atoms with Gasteiger partial charge >= 0.3 is 58.8 Å². The van der Waals surface area contributed by atoms with Crippen molar-refractivity contribution in [2.24, 2.45) is 0 Å². The molecule has 0 aliphatic carbocycles. The average Bonchev–Trinajstić information content (AvgIpc) is 2.64. The summed E-state index contributed by atoms with van der Waals surface area (Å²) in [6.07, 6.45) is -14.1. The van der Waals surface area contributed by atoms with Gasteiger partial charge in [-0.25, -0.2) is 12.8 Å². The minimum atomic E-state index is -9.44. The van der Waals surface area contributed by atoms with E-state index in [0.29, 0.717) is 0 Å². The number of halogens is 22. The second-order valence-electron chi connectivity index (χ2n) is 6.52. The molecule has 0 amide bonds. The van der Waals surface area contributed by atoms with E-state index in [1.54, 1.807) is 0 Å². The van der Waals surface area contributed by atoms with E-state index in [2.05, 4.69) is 0 Å². The third-order valence-electron chi connectivity index (χ3n) is 4.07. The van der Waals surface area contributed by atoms with Gasteiger partial charge in [0.25, 0.3) is 6.17 Å². The van der Waals surface area contributed by atoms with E-state index in [0.717, 1.165) is 0 Å². The van der Waals surface area contributed by atoms with Crippen LogP contribution in [0.15, 0.2) is 0 Å². The second kappa shape index (κ2) is 8.43. The molecule has 1 unspecified atom stereocenters. The van der Waals surface area contributed by atoms with E-state index in [9.17, 15) is 110 Å². The molecule has 0 radical (unpaired) electrons. The van der Waals surface area contributed by atoms with Crippen LogP contribution in [0.5, 0.6) is 0 Å². The first-order valence-electron chi connectivity index (χ1n) is 7.47. The summed E-state index contributed by atoms with van der Waals surface area (Å²) in [7, 11) is -8.37. The topological polar surface area (TPSA) is 57.2 Å². The van der Waals surface area contributed by atoms with E-state index >= 15 is 0 Å². The largest absolute Gasteiger partial charge is 0.743 e. The molecular weight excluding hydrogens is 630 g/mol. The predicted octanol–water partition coefficient (Wildman–Crippen LogP) is 6.11. The van der Waals surface area contributed by atoms with Crippen LogP contribution in [0, 0.1) is 0 Å². The van der Waals surface area contributed by atoms with Gasteiger partial charge in [0, 0.05) is 0 Å². The van der Waals surface area contributed by atoms with Gasteiger partial charge in [-0.2, -0.15) is 92.2 Å². The molecule has 3 nitrogen and oxygen atoms in total. The van der Waals surface area contributed by atoms with E-state index < -0.39 is 75.1 Å². The summed E-state index contributed by atoms with van der Waals surface area (Å²) in [4.78, 5) is 0. The Kier molecular flexibility index (Phi) is 8.06. The van der Waals surface area contributed by atoms with Crippen molar-refractivity contribution in [3.05, 3.63) is 0 Å². The molecule has 0 aromatic heterocycles. The molecule has 1 atom stereocenters. The maximum Gasteiger partial charge on any atom is 0.425 e. The zero-order valence-electron chi connectivity index (χ0n) is 15.5. The lowest BCUT2D eigenvalue weighted by atomic mass is 9.86. The summed E-state index contributed by atoms with van der Waals surface area (Å²) in [5.41, 5.74) is 0. The Labute approximate surface area is 186 Å². The van der Waals surface area contributed by atoms with Crippen LogP contribution in [-0.4, -0.2) is 78.0 Å². The lowest BCUT2D eigenvalue weighted by Crippen LogP contribution is -2.77. The molecule has 0 fully saturated rings. The van der Waals surface area contributed by atoms with Crippen LogP contribution in [0.1, 0.15) is 0 Å². The van der Waals surface area contributed by atoms with Crippen LogP contribution in [0.3, 0.4) is 0 Å². The molecule has 0 saturated heterocycles. The van der Waals surface area contributed by atoms with Crippen LogP contribution in [0.25, 0.3) is 0 Å². The fourth-order valence-corrected chi connectivity index (χ4v) is 2.34. The summed E-state index contributed by atoms with van der Waals surface area (Å²) >= 11 is 0. The summed E-state index contributed by atoms with van der Waals surface area (Å²) in [6, 6.07) is 0. The smallest absolute Gasteiger partial charge is 0.425 e. The Morgan fingerprint density at radius 1 is 0.432 bits per heavy atom. The van der Waals surface area contributed by atoms with Crippen LogP contribution >= 0.6 is 0 Å². The van der Waals surface area contributed by atoms with Crippen molar-refractivity contribution in [2.45, 2.75) is 65.0 Å². The first-order valence-corrected chi connectivity index (χ1v) is 8.88. The van der Waals surface area contributed by atoms with Gasteiger partial charge in [-0.1, -0.05) is 0 Å². The molecule has 0 aromatic rings. The van der Waals surface area contributed by atoms with Gasteiger partial charge in [0.05, 0.1) is 0 Å². The van der Waals surface area contributed by atoms with Crippen LogP contribution < -0.4 is 0 Å². The highest BCUT2D eigenvalue weighted by Gasteiger charge is 2.97. The maximum atomic E-state index is 13.4. The highest BCUT2D eigenvalue weighted by molar-refractivity contribution is 7.86. The van der Waals surface area contributed by atoms with Crippen molar-refractivity contribution in [3.8, 4) is 0 Å². The Morgan fingerprint density at radius 3 is 0.865 bits per heavy atom. The van der Waals surface area contributed by atoms with Crippen molar-refractivity contribution in [2.75, 3.05) is 0 Å². The van der Waals surface area contributed by atoms with Crippen LogP contribution in [-0.2, 0) is 10.1 Å². The third-order valence-corrected chi connectivity index (χ3v) is 4.95. The van der Waals surface area contributed by atoms with Crippen molar-refractivity contribution >= 4 is 10.1 Å². The summed E-state index contributed by atoms with van der Waals surface area (Å²) in [5, 5.41) is -8.20. The monoisotopic (exact) mass is 631 g/mol. The van der Waals surface area contributed by atoms with Gasteiger partial charge in [-0.15, -0.1) is 0 Å². The molecule has 0 saturated carbocycles. The molecule has 0 aliphatic rings. The fraction of sp³-hybridized carbons (Fsp3) is 1.00. The van der Waals surface area contributed by atoms with E-state index in [-0.39, 0.29) is 0 Å². The highest BCUT2D eigenvalue weighted by Crippen LogP contribution is 2.66. The van der Waals surface area contributed by atoms with E-state index in [4.69, 9.17) is 0 Å². The molecule has 0 heterocycles. The van der Waals surface area contributed by atoms with E-state index in [1.165, 1.54) is 0 Å². The average molecular weight is 631 g/mol. The van der Waals surface area contributed by atoms with Gasteiger partial charge in [-0.3, -0.25) is 0 Å². The highest BCUT2D eigenvalue weighted by atomic mass is 32.2. The van der Waals surface area contributed by atoms with Gasteiger partial charge in [0.1, 0.15) is 0 Å². The van der Waals surface area contributed by atoms with Crippen LogP contribution in [0.4, 0.5) is 96.6 Å². The Hall–Kier alpha value is -1.63. The van der Waals surface area contributed by atoms with Gasteiger partial charge < -0.3 is 4.55 Å². The minimum Gasteiger partial charge on any atom is -0.743 e. The summed E-state index contributed by atoms with van der Waals surface area (Å²) < 4.78 is 315. The number of hydrogen-bond acceptors (Lipinski definition) is 3. The Morgan fingerprint density at radius 2 is 0.649 bits per heavy atom. The zero-order valence-corrected chi connectivity index (χ0v) is 16.3. The number of alkyl halides is 22. The molecule has 0 aromatic carbocycles. The summed E-state index contributed by atoms with van der Waals surface area (Å²) in [6.45, 7) is 0. The van der Waals surface area contributed by atoms with Crippen LogP contribution in [0.2, 0.25) is 0 Å². The molecule has 0 N–H and O–H groups in total. The number of hydrogen-bond donors (Lipinski definition) is 0. The fourth-order valence-electron chi connectivity index (χ4n) is 1.90. The normalized spacial score (nSPS) is 17.7. The van der Waals surface area contributed by atoms with E-state index in [1.807, 2.05) is 0 Å². The number of rotatable bonds is 10. The van der Waals surface area contributed by atoms with Crippen molar-refractivity contribution in [3.63, 3.8) is 0 Å². The van der Waals surface area contributed by atoms with Gasteiger partial charge in [-0.05, 0) is 0 Å². The first kappa shape index (κ1) is 35.4. The Bertz CT molecular complexity index is 961. The molecule has 0 bridgehead atoms. The lowest BCUT2D eigenvalue weighted by molar-refractivity contribution is -0.463. The first-order chi connectivity index (χ1) is 15.4. The summed E-state index contributed by atoms with van der Waals surface area (Å²) in [5.74, 6) is -72.8. The lowest BCUT2D eigenvalue weighted by Gasteiger charge is -2.44. The SMILES string of the molecule is O=S(=O)([O-])C(F)(F)C(F)(F)C(F)(F)C(F)(F)C(F)(F)C(F)(F)C(F)(F)C(F)(F)C(F)(F)C(F)C(F)(F)F. The molecule has 37 heavy (non-hydrogen) atoms. The molecule has 0 spiro atoms. The predicted molar refractivity (Wildman–Crippen MR) is 65.2 cm³/mol. The Balaban J connectivity index is 7.22. The third kappa shape index (κ3) is 4.31. The van der Waals surface area contributed by atoms with Crippen molar-refractivity contribution in [1.82, 2.24) is 0 Å². The molecule has 0 aliphatic heterocycles. The van der Waals surface area contributed by atoms with Gasteiger partial charge in [0.15, 0.2) is 10.1 Å². The molecule has 224 valence electrons.